The molecule has 2 fully saturated rings. The van der Waals surface area contributed by atoms with Crippen molar-refractivity contribution < 1.29 is 28.5 Å². The second-order valence-corrected chi connectivity index (χ2v) is 14.1. The SMILES string of the molecule is O=C1OCC/C1=C1\Oc2ccccc2[C@@H]1C/C=C/c1ccc(Cl)cc1Cl.O=C1OCC/C1=C1\Oc2ccccc2[C@@H]1C/C=C/c1ccc(Cl)cc1Cl. The van der Waals surface area contributed by atoms with Crippen LogP contribution in [0.25, 0.3) is 12.2 Å². The molecule has 10 heteroatoms. The first-order chi connectivity index (χ1) is 25.3. The van der Waals surface area contributed by atoms with Crippen LogP contribution >= 0.6 is 46.4 Å². The summed E-state index contributed by atoms with van der Waals surface area (Å²) < 4.78 is 22.2. The van der Waals surface area contributed by atoms with Crippen LogP contribution in [0.2, 0.25) is 20.1 Å². The number of carbonyl (C=O) groups is 2. The molecule has 4 aliphatic rings. The number of allylic oxidation sites excluding steroid dienone is 4. The number of hydrogen-bond acceptors (Lipinski definition) is 6. The molecule has 0 unspecified atom stereocenters. The maximum Gasteiger partial charge on any atom is 0.337 e. The lowest BCUT2D eigenvalue weighted by molar-refractivity contribution is -0.136. The fourth-order valence-corrected chi connectivity index (χ4v) is 7.59. The summed E-state index contributed by atoms with van der Waals surface area (Å²) in [5.41, 5.74) is 5.26. The average Bonchev–Trinajstić information content (AvgIpc) is 3.92. The topological polar surface area (TPSA) is 71.1 Å². The van der Waals surface area contributed by atoms with Gasteiger partial charge in [0.25, 0.3) is 0 Å². The number of fused-ring (bicyclic) bond motifs is 2. The van der Waals surface area contributed by atoms with Crippen molar-refractivity contribution in [2.45, 2.75) is 37.5 Å². The van der Waals surface area contributed by atoms with Crippen LogP contribution in [-0.2, 0) is 19.1 Å². The lowest BCUT2D eigenvalue weighted by Crippen LogP contribution is -2.06. The summed E-state index contributed by atoms with van der Waals surface area (Å²) in [6, 6.07) is 26.6. The molecule has 0 N–H and O–H groups in total. The Morgan fingerprint density at radius 3 is 1.38 bits per heavy atom. The van der Waals surface area contributed by atoms with E-state index in [1.165, 1.54) is 0 Å². The van der Waals surface area contributed by atoms with Gasteiger partial charge in [-0.25, -0.2) is 9.59 Å². The number of cyclic esters (lactones) is 2. The van der Waals surface area contributed by atoms with Crippen LogP contribution < -0.4 is 9.47 Å². The third-order valence-corrected chi connectivity index (χ3v) is 10.3. The van der Waals surface area contributed by atoms with E-state index in [1.807, 2.05) is 97.1 Å². The molecule has 0 spiro atoms. The highest BCUT2D eigenvalue weighted by atomic mass is 35.5. The lowest BCUT2D eigenvalue weighted by atomic mass is 9.92. The van der Waals surface area contributed by atoms with E-state index < -0.39 is 0 Å². The molecule has 8 rings (SSSR count). The minimum atomic E-state index is -0.275. The smallest absolute Gasteiger partial charge is 0.337 e. The zero-order valence-corrected chi connectivity index (χ0v) is 30.8. The van der Waals surface area contributed by atoms with E-state index in [1.54, 1.807) is 12.1 Å². The van der Waals surface area contributed by atoms with Crippen LogP contribution in [0.4, 0.5) is 0 Å². The van der Waals surface area contributed by atoms with Gasteiger partial charge in [-0.3, -0.25) is 0 Å². The van der Waals surface area contributed by atoms with Gasteiger partial charge >= 0.3 is 11.9 Å². The summed E-state index contributed by atoms with van der Waals surface area (Å²) in [6.45, 7) is 0.834. The van der Waals surface area contributed by atoms with Gasteiger partial charge in [0.2, 0.25) is 0 Å². The fourth-order valence-electron chi connectivity index (χ4n) is 6.65. The van der Waals surface area contributed by atoms with E-state index in [-0.39, 0.29) is 23.8 Å². The molecule has 52 heavy (non-hydrogen) atoms. The molecule has 6 nitrogen and oxygen atoms in total. The highest BCUT2D eigenvalue weighted by molar-refractivity contribution is 6.36. The van der Waals surface area contributed by atoms with Gasteiger partial charge in [0.1, 0.15) is 23.0 Å². The molecule has 0 aliphatic carbocycles. The van der Waals surface area contributed by atoms with Gasteiger partial charge in [0.05, 0.1) is 24.4 Å². The lowest BCUT2D eigenvalue weighted by Gasteiger charge is -2.10. The number of rotatable bonds is 6. The monoisotopic (exact) mass is 772 g/mol. The van der Waals surface area contributed by atoms with Crippen molar-refractivity contribution in [2.75, 3.05) is 13.2 Å². The van der Waals surface area contributed by atoms with Crippen molar-refractivity contribution in [3.05, 3.63) is 162 Å². The largest absolute Gasteiger partial charge is 0.462 e. The molecule has 4 aromatic carbocycles. The molecule has 2 atom stereocenters. The summed E-state index contributed by atoms with van der Waals surface area (Å²) in [5, 5.41) is 2.43. The van der Waals surface area contributed by atoms with Gasteiger partial charge in [-0.05, 0) is 60.4 Å². The van der Waals surface area contributed by atoms with Crippen LogP contribution in [0.1, 0.15) is 59.8 Å². The van der Waals surface area contributed by atoms with Crippen molar-refractivity contribution in [3.63, 3.8) is 0 Å². The summed E-state index contributed by atoms with van der Waals surface area (Å²) in [7, 11) is 0. The first kappa shape index (κ1) is 35.9. The normalized spacial score (nSPS) is 21.8. The predicted octanol–water partition coefficient (Wildman–Crippen LogP) is 11.5. The summed E-state index contributed by atoms with van der Waals surface area (Å²) in [4.78, 5) is 24.0. The highest BCUT2D eigenvalue weighted by Crippen LogP contribution is 2.46. The van der Waals surface area contributed by atoms with Crippen LogP contribution in [0.3, 0.4) is 0 Å². The molecule has 0 radical (unpaired) electrons. The third-order valence-electron chi connectivity index (χ3n) is 9.18. The van der Waals surface area contributed by atoms with Crippen molar-refractivity contribution in [1.82, 2.24) is 0 Å². The Kier molecular flexibility index (Phi) is 11.1. The maximum absolute atomic E-state index is 12.0. The molecule has 2 saturated heterocycles. The van der Waals surface area contributed by atoms with Crippen LogP contribution in [0, 0.1) is 0 Å². The molecule has 4 heterocycles. The first-order valence-corrected chi connectivity index (χ1v) is 18.3. The molecular weight excluding hydrogens is 742 g/mol. The third kappa shape index (κ3) is 7.81. The first-order valence-electron chi connectivity index (χ1n) is 16.8. The standard InChI is InChI=1S/2C21H16Cl2O3/c2*22-14-9-8-13(18(23)12-14)4-3-6-16-15-5-1-2-7-19(15)26-20(16)17-10-11-25-21(17)24/h2*1-5,7-9,12,16H,6,10-11H2/b2*4-3+,20-17+/t2*16-/m00/s1. The molecule has 4 aromatic rings. The highest BCUT2D eigenvalue weighted by Gasteiger charge is 2.37. The second kappa shape index (κ2) is 16.1. The molecule has 4 aliphatic heterocycles. The number of ether oxygens (including phenoxy) is 4. The van der Waals surface area contributed by atoms with Crippen molar-refractivity contribution in [2.24, 2.45) is 0 Å². The molecule has 0 bridgehead atoms. The number of benzene rings is 4. The zero-order chi connectivity index (χ0) is 36.2. The number of esters is 2. The van der Waals surface area contributed by atoms with Gasteiger partial charge in [-0.1, -0.05) is 119 Å². The van der Waals surface area contributed by atoms with Crippen molar-refractivity contribution >= 4 is 70.5 Å². The second-order valence-electron chi connectivity index (χ2n) is 12.5. The summed E-state index contributed by atoms with van der Waals surface area (Å²) >= 11 is 24.3. The summed E-state index contributed by atoms with van der Waals surface area (Å²) in [5.74, 6) is 2.46. The van der Waals surface area contributed by atoms with E-state index in [0.29, 0.717) is 81.7 Å². The van der Waals surface area contributed by atoms with Gasteiger partial charge in [0, 0.05) is 55.9 Å². The minimum absolute atomic E-state index is 0.00539. The molecule has 0 saturated carbocycles. The van der Waals surface area contributed by atoms with Crippen LogP contribution in [-0.4, -0.2) is 25.2 Å². The zero-order valence-electron chi connectivity index (χ0n) is 27.8. The molecule has 0 amide bonds. The van der Waals surface area contributed by atoms with Gasteiger partial charge in [0.15, 0.2) is 0 Å². The van der Waals surface area contributed by atoms with Gasteiger partial charge in [-0.2, -0.15) is 0 Å². The van der Waals surface area contributed by atoms with E-state index in [2.05, 4.69) is 0 Å². The number of para-hydroxylation sites is 2. The Labute approximate surface area is 321 Å². The number of carbonyl (C=O) groups excluding carboxylic acids is 2. The van der Waals surface area contributed by atoms with E-state index in [4.69, 9.17) is 65.4 Å². The van der Waals surface area contributed by atoms with E-state index in [9.17, 15) is 9.59 Å². The maximum atomic E-state index is 12.0. The van der Waals surface area contributed by atoms with Crippen molar-refractivity contribution in [3.8, 4) is 11.5 Å². The fraction of sp³-hybridized carbons (Fsp3) is 0.190. The molecule has 264 valence electrons. The van der Waals surface area contributed by atoms with Gasteiger partial charge < -0.3 is 18.9 Å². The molecular formula is C42H32Cl4O6. The van der Waals surface area contributed by atoms with Crippen LogP contribution in [0.5, 0.6) is 11.5 Å². The minimum Gasteiger partial charge on any atom is -0.462 e. The Morgan fingerprint density at radius 1 is 0.577 bits per heavy atom. The van der Waals surface area contributed by atoms with E-state index >= 15 is 0 Å². The van der Waals surface area contributed by atoms with E-state index in [0.717, 1.165) is 33.8 Å². The predicted molar refractivity (Wildman–Crippen MR) is 205 cm³/mol. The molecule has 0 aromatic heterocycles. The number of halogens is 4. The Bertz CT molecular complexity index is 2010. The van der Waals surface area contributed by atoms with Crippen LogP contribution in [0.15, 0.2) is 120 Å². The number of hydrogen-bond donors (Lipinski definition) is 0. The summed E-state index contributed by atoms with van der Waals surface area (Å²) in [6.07, 6.45) is 10.6. The average molecular weight is 775 g/mol. The quantitative estimate of drug-likeness (QED) is 0.144. The Morgan fingerprint density at radius 2 is 1.00 bits per heavy atom. The Balaban J connectivity index is 0.000000162. The Hall–Kier alpha value is -4.46. The van der Waals surface area contributed by atoms with Gasteiger partial charge in [-0.15, -0.1) is 0 Å². The van der Waals surface area contributed by atoms with Crippen molar-refractivity contribution in [1.29, 1.82) is 0 Å².